The van der Waals surface area contributed by atoms with E-state index < -0.39 is 0 Å². The molecule has 25 heavy (non-hydrogen) atoms. The predicted octanol–water partition coefficient (Wildman–Crippen LogP) is 4.31. The fraction of sp³-hybridized carbons (Fsp3) is 0.409. The molecule has 1 unspecified atom stereocenters. The summed E-state index contributed by atoms with van der Waals surface area (Å²) in [5, 5.41) is 0. The van der Waals surface area contributed by atoms with Crippen LogP contribution in [0.3, 0.4) is 0 Å². The lowest BCUT2D eigenvalue weighted by Gasteiger charge is -2.40. The Balaban J connectivity index is 1.68. The van der Waals surface area contributed by atoms with E-state index in [-0.39, 0.29) is 0 Å². The molecule has 0 radical (unpaired) electrons. The summed E-state index contributed by atoms with van der Waals surface area (Å²) >= 11 is 0. The molecule has 0 aliphatic carbocycles. The molecule has 1 fully saturated rings. The van der Waals surface area contributed by atoms with Crippen molar-refractivity contribution in [2.75, 3.05) is 31.1 Å². The van der Waals surface area contributed by atoms with E-state index in [1.165, 1.54) is 27.9 Å². The van der Waals surface area contributed by atoms with Gasteiger partial charge in [0, 0.05) is 43.5 Å². The van der Waals surface area contributed by atoms with Gasteiger partial charge < -0.3 is 4.90 Å². The average Bonchev–Trinajstić information content (AvgIpc) is 2.61. The van der Waals surface area contributed by atoms with Gasteiger partial charge in [-0.1, -0.05) is 23.8 Å². The Morgan fingerprint density at radius 2 is 1.64 bits per heavy atom. The molecular weight excluding hydrogens is 308 g/mol. The highest BCUT2D eigenvalue weighted by Crippen LogP contribution is 2.28. The van der Waals surface area contributed by atoms with Crippen LogP contribution in [0.1, 0.15) is 45.6 Å². The first-order chi connectivity index (χ1) is 12.0. The summed E-state index contributed by atoms with van der Waals surface area (Å²) in [7, 11) is 0. The Labute approximate surface area is 151 Å². The zero-order valence-electron chi connectivity index (χ0n) is 15.7. The fourth-order valence-corrected chi connectivity index (χ4v) is 3.95. The molecule has 3 nitrogen and oxygen atoms in total. The Morgan fingerprint density at radius 1 is 0.920 bits per heavy atom. The Hall–Kier alpha value is -2.13. The van der Waals surface area contributed by atoms with E-state index >= 15 is 0 Å². The molecule has 0 aromatic heterocycles. The topological polar surface area (TPSA) is 23.6 Å². The number of nitrogens with zero attached hydrogens (tertiary/aromatic N) is 2. The van der Waals surface area contributed by atoms with Crippen LogP contribution in [0.5, 0.6) is 0 Å². The van der Waals surface area contributed by atoms with Gasteiger partial charge in [0.05, 0.1) is 0 Å². The number of piperazine rings is 1. The monoisotopic (exact) mass is 336 g/mol. The molecule has 2 aromatic carbocycles. The van der Waals surface area contributed by atoms with Gasteiger partial charge >= 0.3 is 0 Å². The van der Waals surface area contributed by atoms with Gasteiger partial charge in [0.25, 0.3) is 0 Å². The number of benzene rings is 2. The number of hydrogen-bond donors (Lipinski definition) is 0. The lowest BCUT2D eigenvalue weighted by Crippen LogP contribution is -2.47. The molecule has 0 bridgehead atoms. The van der Waals surface area contributed by atoms with Crippen molar-refractivity contribution < 1.29 is 4.79 Å². The van der Waals surface area contributed by atoms with Gasteiger partial charge in [0.15, 0.2) is 0 Å². The van der Waals surface area contributed by atoms with Gasteiger partial charge in [0.2, 0.25) is 0 Å². The molecule has 1 aliphatic rings. The van der Waals surface area contributed by atoms with Gasteiger partial charge in [0.1, 0.15) is 6.29 Å². The number of carbonyl (C=O) groups is 1. The minimum Gasteiger partial charge on any atom is -0.369 e. The molecule has 132 valence electrons. The summed E-state index contributed by atoms with van der Waals surface area (Å²) in [5.41, 5.74) is 7.33. The SMILES string of the molecule is Cc1ccc(C(C)N2CCN(c3ccc(C=O)cc3C)CC2)c(C)c1. The third kappa shape index (κ3) is 3.77. The van der Waals surface area contributed by atoms with Crippen LogP contribution in [0, 0.1) is 20.8 Å². The van der Waals surface area contributed by atoms with Gasteiger partial charge in [-0.2, -0.15) is 0 Å². The van der Waals surface area contributed by atoms with Crippen LogP contribution in [0.25, 0.3) is 0 Å². The molecule has 3 heteroatoms. The first kappa shape index (κ1) is 17.7. The molecule has 2 aromatic rings. The van der Waals surface area contributed by atoms with Crippen LogP contribution in [0.4, 0.5) is 5.69 Å². The van der Waals surface area contributed by atoms with E-state index in [0.29, 0.717) is 6.04 Å². The van der Waals surface area contributed by atoms with Crippen molar-refractivity contribution >= 4 is 12.0 Å². The van der Waals surface area contributed by atoms with Crippen molar-refractivity contribution in [1.29, 1.82) is 0 Å². The lowest BCUT2D eigenvalue weighted by molar-refractivity contribution is 0.112. The summed E-state index contributed by atoms with van der Waals surface area (Å²) in [4.78, 5) is 15.9. The van der Waals surface area contributed by atoms with Gasteiger partial charge in [-0.3, -0.25) is 9.69 Å². The largest absolute Gasteiger partial charge is 0.369 e. The first-order valence-electron chi connectivity index (χ1n) is 9.11. The van der Waals surface area contributed by atoms with Crippen LogP contribution >= 0.6 is 0 Å². The molecule has 0 saturated carbocycles. The van der Waals surface area contributed by atoms with E-state index in [0.717, 1.165) is 38.0 Å². The smallest absolute Gasteiger partial charge is 0.150 e. The second kappa shape index (κ2) is 7.40. The summed E-state index contributed by atoms with van der Waals surface area (Å²) in [6.45, 7) is 12.9. The maximum Gasteiger partial charge on any atom is 0.150 e. The highest BCUT2D eigenvalue weighted by Gasteiger charge is 2.23. The molecule has 1 saturated heterocycles. The predicted molar refractivity (Wildman–Crippen MR) is 105 cm³/mol. The van der Waals surface area contributed by atoms with E-state index in [2.05, 4.69) is 61.8 Å². The summed E-state index contributed by atoms with van der Waals surface area (Å²) in [6, 6.07) is 13.2. The van der Waals surface area contributed by atoms with Crippen LogP contribution in [0.15, 0.2) is 36.4 Å². The Morgan fingerprint density at radius 3 is 2.24 bits per heavy atom. The van der Waals surface area contributed by atoms with Crippen molar-refractivity contribution in [3.05, 3.63) is 64.2 Å². The first-order valence-corrected chi connectivity index (χ1v) is 9.11. The molecule has 1 aliphatic heterocycles. The number of rotatable bonds is 4. The summed E-state index contributed by atoms with van der Waals surface area (Å²) in [5.74, 6) is 0. The van der Waals surface area contributed by atoms with E-state index in [9.17, 15) is 4.79 Å². The summed E-state index contributed by atoms with van der Waals surface area (Å²) in [6.07, 6.45) is 0.917. The highest BCUT2D eigenvalue weighted by molar-refractivity contribution is 5.77. The van der Waals surface area contributed by atoms with Gasteiger partial charge in [-0.05, 0) is 62.6 Å². The minimum atomic E-state index is 0.446. The fourth-order valence-electron chi connectivity index (χ4n) is 3.95. The average molecular weight is 336 g/mol. The molecule has 0 N–H and O–H groups in total. The summed E-state index contributed by atoms with van der Waals surface area (Å²) < 4.78 is 0. The number of aryl methyl sites for hydroxylation is 3. The zero-order chi connectivity index (χ0) is 18.0. The van der Waals surface area contributed by atoms with E-state index in [4.69, 9.17) is 0 Å². The molecule has 0 spiro atoms. The third-order valence-electron chi connectivity index (χ3n) is 5.43. The van der Waals surface area contributed by atoms with Crippen molar-refractivity contribution in [1.82, 2.24) is 4.90 Å². The third-order valence-corrected chi connectivity index (χ3v) is 5.43. The normalized spacial score (nSPS) is 16.7. The zero-order valence-corrected chi connectivity index (χ0v) is 15.7. The van der Waals surface area contributed by atoms with Crippen LogP contribution in [-0.2, 0) is 0 Å². The second-order valence-electron chi connectivity index (χ2n) is 7.22. The van der Waals surface area contributed by atoms with E-state index in [1.807, 2.05) is 12.1 Å². The molecule has 0 amide bonds. The molecule has 3 rings (SSSR count). The van der Waals surface area contributed by atoms with Crippen molar-refractivity contribution in [3.63, 3.8) is 0 Å². The van der Waals surface area contributed by atoms with Crippen LogP contribution in [-0.4, -0.2) is 37.4 Å². The van der Waals surface area contributed by atoms with Crippen molar-refractivity contribution in [2.45, 2.75) is 33.7 Å². The second-order valence-corrected chi connectivity index (χ2v) is 7.22. The number of hydrogen-bond acceptors (Lipinski definition) is 3. The van der Waals surface area contributed by atoms with Gasteiger partial charge in [-0.15, -0.1) is 0 Å². The van der Waals surface area contributed by atoms with Crippen LogP contribution in [0.2, 0.25) is 0 Å². The van der Waals surface area contributed by atoms with Crippen molar-refractivity contribution in [3.8, 4) is 0 Å². The van der Waals surface area contributed by atoms with Crippen LogP contribution < -0.4 is 4.90 Å². The molecule has 1 heterocycles. The maximum atomic E-state index is 10.9. The number of anilines is 1. The number of aldehydes is 1. The molecule has 1 atom stereocenters. The number of carbonyl (C=O) groups excluding carboxylic acids is 1. The maximum absolute atomic E-state index is 10.9. The lowest BCUT2D eigenvalue weighted by atomic mass is 9.98. The standard InChI is InChI=1S/C22H28N2O/c1-16-5-7-21(17(2)13-16)19(4)23-9-11-24(12-10-23)22-8-6-20(15-25)14-18(22)3/h5-8,13-15,19H,9-12H2,1-4H3. The molecular formula is C22H28N2O. The minimum absolute atomic E-state index is 0.446. The quantitative estimate of drug-likeness (QED) is 0.778. The Bertz CT molecular complexity index is 761. The van der Waals surface area contributed by atoms with Crippen molar-refractivity contribution in [2.24, 2.45) is 0 Å². The van der Waals surface area contributed by atoms with E-state index in [1.54, 1.807) is 0 Å². The highest BCUT2D eigenvalue weighted by atomic mass is 16.1. The Kier molecular flexibility index (Phi) is 5.24. The van der Waals surface area contributed by atoms with Gasteiger partial charge in [-0.25, -0.2) is 0 Å².